The Morgan fingerprint density at radius 3 is 2.62 bits per heavy atom. The Morgan fingerprint density at radius 2 is 1.90 bits per heavy atom. The van der Waals surface area contributed by atoms with Gasteiger partial charge in [0.15, 0.2) is 0 Å². The fraction of sp³-hybridized carbons (Fsp3) is 0.250. The fourth-order valence-corrected chi connectivity index (χ4v) is 2.73. The molecule has 5 heteroatoms. The van der Waals surface area contributed by atoms with E-state index in [4.69, 9.17) is 22.1 Å². The third-order valence-corrected chi connectivity index (χ3v) is 4.04. The van der Waals surface area contributed by atoms with Crippen LogP contribution in [0.1, 0.15) is 18.1 Å². The molecule has 2 N–H and O–H groups in total. The Kier molecular flexibility index (Phi) is 5.62. The summed E-state index contributed by atoms with van der Waals surface area (Å²) < 4.78 is 20.1. The van der Waals surface area contributed by atoms with Gasteiger partial charge < -0.3 is 10.5 Å². The van der Waals surface area contributed by atoms with Crippen molar-refractivity contribution in [2.24, 2.45) is 5.73 Å². The molecule has 0 saturated heterocycles. The molecule has 0 bridgehead atoms. The van der Waals surface area contributed by atoms with Gasteiger partial charge in [-0.1, -0.05) is 35.9 Å². The van der Waals surface area contributed by atoms with Crippen LogP contribution < -0.4 is 10.5 Å². The smallest absolute Gasteiger partial charge is 0.142 e. The lowest BCUT2D eigenvalue weighted by molar-refractivity contribution is 0.300. The molecule has 112 valence electrons. The minimum atomic E-state index is -0.444. The van der Waals surface area contributed by atoms with Gasteiger partial charge in [-0.25, -0.2) is 4.39 Å². The van der Waals surface area contributed by atoms with Crippen LogP contribution in [0.4, 0.5) is 4.39 Å². The lowest BCUT2D eigenvalue weighted by Gasteiger charge is -2.15. The number of para-hydroxylation sites is 1. The van der Waals surface area contributed by atoms with Crippen LogP contribution >= 0.6 is 27.5 Å². The minimum Gasteiger partial charge on any atom is -0.487 e. The van der Waals surface area contributed by atoms with Crippen molar-refractivity contribution >= 4 is 27.5 Å². The zero-order chi connectivity index (χ0) is 15.4. The molecule has 0 fully saturated rings. The zero-order valence-corrected chi connectivity index (χ0v) is 13.9. The van der Waals surface area contributed by atoms with Crippen molar-refractivity contribution in [3.8, 4) is 5.75 Å². The van der Waals surface area contributed by atoms with Crippen LogP contribution in [0, 0.1) is 5.82 Å². The molecule has 0 spiro atoms. The number of hydrogen-bond donors (Lipinski definition) is 1. The van der Waals surface area contributed by atoms with E-state index in [-0.39, 0.29) is 17.7 Å². The second-order valence-corrected chi connectivity index (χ2v) is 6.14. The van der Waals surface area contributed by atoms with Crippen molar-refractivity contribution in [1.82, 2.24) is 0 Å². The van der Waals surface area contributed by atoms with Crippen molar-refractivity contribution in [2.75, 3.05) is 0 Å². The van der Waals surface area contributed by atoms with Crippen LogP contribution in [-0.2, 0) is 13.0 Å². The Balaban J connectivity index is 2.21. The highest BCUT2D eigenvalue weighted by molar-refractivity contribution is 9.10. The summed E-state index contributed by atoms with van der Waals surface area (Å²) in [6.45, 7) is 2.14. The van der Waals surface area contributed by atoms with Gasteiger partial charge in [0.2, 0.25) is 0 Å². The van der Waals surface area contributed by atoms with E-state index in [0.717, 1.165) is 15.8 Å². The van der Waals surface area contributed by atoms with Crippen molar-refractivity contribution in [1.29, 1.82) is 0 Å². The second kappa shape index (κ2) is 7.25. The van der Waals surface area contributed by atoms with E-state index in [9.17, 15) is 4.39 Å². The largest absolute Gasteiger partial charge is 0.487 e. The van der Waals surface area contributed by atoms with Gasteiger partial charge in [0, 0.05) is 11.6 Å². The molecule has 2 aromatic rings. The minimum absolute atomic E-state index is 0.0272. The molecule has 1 atom stereocenters. The summed E-state index contributed by atoms with van der Waals surface area (Å²) in [6.07, 6.45) is 0.700. The number of hydrogen-bond acceptors (Lipinski definition) is 2. The number of nitrogens with two attached hydrogens (primary N) is 1. The van der Waals surface area contributed by atoms with E-state index < -0.39 is 5.82 Å². The van der Waals surface area contributed by atoms with Crippen molar-refractivity contribution in [3.05, 3.63) is 62.8 Å². The molecule has 0 heterocycles. The van der Waals surface area contributed by atoms with Gasteiger partial charge in [0.05, 0.1) is 9.50 Å². The van der Waals surface area contributed by atoms with Crippen molar-refractivity contribution < 1.29 is 9.13 Å². The van der Waals surface area contributed by atoms with Crippen LogP contribution in [-0.4, -0.2) is 6.04 Å². The van der Waals surface area contributed by atoms with E-state index in [0.29, 0.717) is 12.0 Å². The molecule has 0 aliphatic carbocycles. The number of ether oxygens (including phenoxy) is 1. The highest BCUT2D eigenvalue weighted by Gasteiger charge is 2.12. The Bertz CT molecular complexity index is 634. The first kappa shape index (κ1) is 16.3. The van der Waals surface area contributed by atoms with Gasteiger partial charge in [0.25, 0.3) is 0 Å². The van der Waals surface area contributed by atoms with Crippen LogP contribution in [0.15, 0.2) is 40.9 Å². The predicted molar refractivity (Wildman–Crippen MR) is 87.2 cm³/mol. The van der Waals surface area contributed by atoms with E-state index in [1.54, 1.807) is 12.1 Å². The van der Waals surface area contributed by atoms with E-state index in [2.05, 4.69) is 15.9 Å². The second-order valence-electron chi connectivity index (χ2n) is 4.91. The third kappa shape index (κ3) is 4.19. The SMILES string of the molecule is CC(N)Cc1cccc(Br)c1OCc1cccc(F)c1Cl. The average Bonchev–Trinajstić information content (AvgIpc) is 2.42. The molecule has 2 aromatic carbocycles. The van der Waals surface area contributed by atoms with Gasteiger partial charge in [-0.05, 0) is 47.0 Å². The average molecular weight is 373 g/mol. The van der Waals surface area contributed by atoms with Gasteiger partial charge in [0.1, 0.15) is 18.2 Å². The van der Waals surface area contributed by atoms with Crippen LogP contribution in [0.5, 0.6) is 5.75 Å². The first-order valence-corrected chi connectivity index (χ1v) is 7.74. The van der Waals surface area contributed by atoms with Gasteiger partial charge >= 0.3 is 0 Å². The molecule has 0 aliphatic rings. The molecule has 0 radical (unpaired) electrons. The Hall–Kier alpha value is -1.10. The first-order chi connectivity index (χ1) is 9.99. The third-order valence-electron chi connectivity index (χ3n) is 2.99. The highest BCUT2D eigenvalue weighted by Crippen LogP contribution is 2.31. The number of halogens is 3. The topological polar surface area (TPSA) is 35.2 Å². The summed E-state index contributed by atoms with van der Waals surface area (Å²) in [5.74, 6) is 0.274. The molecule has 0 saturated carbocycles. The highest BCUT2D eigenvalue weighted by atomic mass is 79.9. The molecular weight excluding hydrogens is 357 g/mol. The molecule has 0 amide bonds. The Labute approximate surface area is 137 Å². The maximum atomic E-state index is 13.4. The summed E-state index contributed by atoms with van der Waals surface area (Å²) in [5, 5.41) is 0.0956. The maximum absolute atomic E-state index is 13.4. The fourth-order valence-electron chi connectivity index (χ4n) is 2.03. The van der Waals surface area contributed by atoms with Gasteiger partial charge in [-0.2, -0.15) is 0 Å². The molecule has 2 rings (SSSR count). The lowest BCUT2D eigenvalue weighted by atomic mass is 10.1. The van der Waals surface area contributed by atoms with Crippen molar-refractivity contribution in [3.63, 3.8) is 0 Å². The van der Waals surface area contributed by atoms with Crippen LogP contribution in [0.3, 0.4) is 0 Å². The molecule has 0 aromatic heterocycles. The van der Waals surface area contributed by atoms with E-state index in [1.807, 2.05) is 25.1 Å². The molecule has 2 nitrogen and oxygen atoms in total. The van der Waals surface area contributed by atoms with Crippen molar-refractivity contribution in [2.45, 2.75) is 26.0 Å². The summed E-state index contributed by atoms with van der Waals surface area (Å²) in [5.41, 5.74) is 7.47. The normalized spacial score (nSPS) is 12.2. The zero-order valence-electron chi connectivity index (χ0n) is 11.6. The van der Waals surface area contributed by atoms with Crippen LogP contribution in [0.2, 0.25) is 5.02 Å². The van der Waals surface area contributed by atoms with Gasteiger partial charge in [-0.15, -0.1) is 0 Å². The van der Waals surface area contributed by atoms with E-state index >= 15 is 0 Å². The predicted octanol–water partition coefficient (Wildman–Crippen LogP) is 4.71. The number of benzene rings is 2. The van der Waals surface area contributed by atoms with E-state index in [1.165, 1.54) is 6.07 Å². The number of rotatable bonds is 5. The quantitative estimate of drug-likeness (QED) is 0.825. The first-order valence-electron chi connectivity index (χ1n) is 6.57. The van der Waals surface area contributed by atoms with Crippen LogP contribution in [0.25, 0.3) is 0 Å². The maximum Gasteiger partial charge on any atom is 0.142 e. The lowest BCUT2D eigenvalue weighted by Crippen LogP contribution is -2.18. The molecule has 0 aliphatic heterocycles. The molecular formula is C16H16BrClFNO. The molecule has 21 heavy (non-hydrogen) atoms. The van der Waals surface area contributed by atoms with Gasteiger partial charge in [-0.3, -0.25) is 0 Å². The summed E-state index contributed by atoms with van der Waals surface area (Å²) >= 11 is 9.41. The Morgan fingerprint density at radius 1 is 1.24 bits per heavy atom. The molecule has 1 unspecified atom stereocenters. The summed E-state index contributed by atoms with van der Waals surface area (Å²) in [4.78, 5) is 0. The summed E-state index contributed by atoms with van der Waals surface area (Å²) in [7, 11) is 0. The standard InChI is InChI=1S/C16H16BrClFNO/c1-10(20)8-11-4-2-6-13(17)16(11)21-9-12-5-3-7-14(19)15(12)18/h2-7,10H,8-9,20H2,1H3. The monoisotopic (exact) mass is 371 g/mol. The summed E-state index contributed by atoms with van der Waals surface area (Å²) in [6, 6.07) is 10.5.